The number of anilines is 1. The molecule has 1 aromatic heterocycles. The lowest BCUT2D eigenvalue weighted by Gasteiger charge is -2.38. The highest BCUT2D eigenvalue weighted by molar-refractivity contribution is 7.16. The SMILES string of the molecule is N#Cc1c(N2C(=O)C[C@H](c3ccccc3F)C3=C2CCCC3=O)sc2c1CCCCC2. The van der Waals surface area contributed by atoms with E-state index in [2.05, 4.69) is 6.07 Å². The van der Waals surface area contributed by atoms with Gasteiger partial charge in [-0.2, -0.15) is 5.26 Å². The minimum atomic E-state index is -0.559. The molecule has 1 amide bonds. The minimum absolute atomic E-state index is 0.0105. The van der Waals surface area contributed by atoms with Crippen LogP contribution in [0.25, 0.3) is 0 Å². The Balaban J connectivity index is 1.68. The summed E-state index contributed by atoms with van der Waals surface area (Å²) < 4.78 is 14.6. The lowest BCUT2D eigenvalue weighted by molar-refractivity contribution is -0.119. The Kier molecular flexibility index (Phi) is 5.23. The van der Waals surface area contributed by atoms with Gasteiger partial charge in [0.2, 0.25) is 5.91 Å². The molecular weight excluding hydrogens is 411 g/mol. The van der Waals surface area contributed by atoms with Gasteiger partial charge in [0, 0.05) is 34.9 Å². The van der Waals surface area contributed by atoms with Crippen molar-refractivity contribution in [3.8, 4) is 6.07 Å². The second-order valence-corrected chi connectivity index (χ2v) is 9.58. The summed E-state index contributed by atoms with van der Waals surface area (Å²) in [7, 11) is 0. The molecule has 2 heterocycles. The third kappa shape index (κ3) is 3.32. The fourth-order valence-electron chi connectivity index (χ4n) is 5.25. The van der Waals surface area contributed by atoms with E-state index in [1.165, 1.54) is 22.3 Å². The summed E-state index contributed by atoms with van der Waals surface area (Å²) in [6.07, 6.45) is 6.79. The van der Waals surface area contributed by atoms with E-state index in [9.17, 15) is 19.2 Å². The first-order valence-electron chi connectivity index (χ1n) is 11.0. The van der Waals surface area contributed by atoms with Gasteiger partial charge in [0.1, 0.15) is 16.9 Å². The summed E-state index contributed by atoms with van der Waals surface area (Å²) in [5.74, 6) is -1.12. The zero-order valence-electron chi connectivity index (χ0n) is 17.2. The Bertz CT molecular complexity index is 1160. The molecule has 2 aromatic rings. The molecule has 0 bridgehead atoms. The van der Waals surface area contributed by atoms with E-state index >= 15 is 0 Å². The molecule has 6 heteroatoms. The second-order valence-electron chi connectivity index (χ2n) is 8.50. The molecule has 0 saturated carbocycles. The smallest absolute Gasteiger partial charge is 0.232 e. The summed E-state index contributed by atoms with van der Waals surface area (Å²) in [6.45, 7) is 0. The van der Waals surface area contributed by atoms with Crippen LogP contribution in [0.15, 0.2) is 35.5 Å². The summed E-state index contributed by atoms with van der Waals surface area (Å²) in [5, 5.41) is 10.6. The number of hydrogen-bond acceptors (Lipinski definition) is 4. The zero-order chi connectivity index (χ0) is 21.5. The van der Waals surface area contributed by atoms with Gasteiger partial charge in [-0.1, -0.05) is 24.6 Å². The number of carbonyl (C=O) groups is 2. The van der Waals surface area contributed by atoms with Crippen LogP contribution in [0.4, 0.5) is 9.39 Å². The molecule has 3 aliphatic rings. The first kappa shape index (κ1) is 20.1. The zero-order valence-corrected chi connectivity index (χ0v) is 18.1. The van der Waals surface area contributed by atoms with E-state index < -0.39 is 5.92 Å². The van der Waals surface area contributed by atoms with Gasteiger partial charge >= 0.3 is 0 Å². The summed E-state index contributed by atoms with van der Waals surface area (Å²) in [6, 6.07) is 8.77. The van der Waals surface area contributed by atoms with Crippen LogP contribution < -0.4 is 4.90 Å². The molecule has 5 rings (SSSR count). The van der Waals surface area contributed by atoms with Crippen molar-refractivity contribution in [1.82, 2.24) is 0 Å². The molecule has 158 valence electrons. The molecular formula is C25H23FN2O2S. The highest BCUT2D eigenvalue weighted by Gasteiger charge is 2.42. The van der Waals surface area contributed by atoms with Gasteiger partial charge < -0.3 is 0 Å². The number of allylic oxidation sites excluding steroid dienone is 2. The molecule has 0 N–H and O–H groups in total. The van der Waals surface area contributed by atoms with Gasteiger partial charge in [-0.3, -0.25) is 14.5 Å². The first-order chi connectivity index (χ1) is 15.1. The van der Waals surface area contributed by atoms with E-state index in [4.69, 9.17) is 0 Å². The molecule has 0 unspecified atom stereocenters. The van der Waals surface area contributed by atoms with Crippen molar-refractivity contribution in [3.05, 3.63) is 62.9 Å². The maximum Gasteiger partial charge on any atom is 0.232 e. The standard InChI is InChI=1S/C25H23FN2O2S/c26-19-9-5-4-7-15(19)17-13-23(30)28(20-10-6-11-21(29)24(17)20)25-18(14-27)16-8-2-1-3-12-22(16)31-25/h4-5,7,9,17H,1-3,6,8,10-13H2/t17-/m1/s1. The van der Waals surface area contributed by atoms with Crippen LogP contribution in [-0.4, -0.2) is 11.7 Å². The number of aryl methyl sites for hydroxylation is 1. The van der Waals surface area contributed by atoms with Crippen molar-refractivity contribution < 1.29 is 14.0 Å². The summed E-state index contributed by atoms with van der Waals surface area (Å²) in [5.41, 5.74) is 3.30. The number of amides is 1. The molecule has 0 spiro atoms. The quantitative estimate of drug-likeness (QED) is 0.582. The normalized spacial score (nSPS) is 21.4. The fourth-order valence-corrected chi connectivity index (χ4v) is 6.63. The van der Waals surface area contributed by atoms with Crippen LogP contribution in [0.1, 0.15) is 72.4 Å². The second kappa shape index (κ2) is 8.05. The summed E-state index contributed by atoms with van der Waals surface area (Å²) in [4.78, 5) is 29.3. The maximum atomic E-state index is 14.6. The number of Topliss-reactive ketones (excluding diaryl/α,β-unsaturated/α-hetero) is 1. The Morgan fingerprint density at radius 2 is 1.84 bits per heavy atom. The number of benzene rings is 1. The van der Waals surface area contributed by atoms with Crippen molar-refractivity contribution in [2.75, 3.05) is 4.90 Å². The minimum Gasteiger partial charge on any atom is -0.294 e. The van der Waals surface area contributed by atoms with Crippen molar-refractivity contribution in [2.24, 2.45) is 0 Å². The van der Waals surface area contributed by atoms with Crippen molar-refractivity contribution in [3.63, 3.8) is 0 Å². The molecule has 1 aromatic carbocycles. The number of thiophene rings is 1. The van der Waals surface area contributed by atoms with Crippen LogP contribution in [0.3, 0.4) is 0 Å². The van der Waals surface area contributed by atoms with Crippen molar-refractivity contribution >= 4 is 28.0 Å². The third-order valence-corrected chi connectivity index (χ3v) is 7.95. The Morgan fingerprint density at radius 3 is 2.65 bits per heavy atom. The number of ketones is 1. The van der Waals surface area contributed by atoms with Gasteiger partial charge in [-0.05, 0) is 55.7 Å². The van der Waals surface area contributed by atoms with Gasteiger partial charge in [0.25, 0.3) is 0 Å². The average molecular weight is 435 g/mol. The summed E-state index contributed by atoms with van der Waals surface area (Å²) >= 11 is 1.53. The largest absolute Gasteiger partial charge is 0.294 e. The molecule has 4 nitrogen and oxygen atoms in total. The Labute approximate surface area is 185 Å². The van der Waals surface area contributed by atoms with Crippen LogP contribution in [0.2, 0.25) is 0 Å². The first-order valence-corrected chi connectivity index (χ1v) is 11.8. The molecule has 0 fully saturated rings. The molecule has 0 saturated heterocycles. The highest BCUT2D eigenvalue weighted by atomic mass is 32.1. The predicted molar refractivity (Wildman–Crippen MR) is 117 cm³/mol. The van der Waals surface area contributed by atoms with Crippen LogP contribution in [0, 0.1) is 17.1 Å². The van der Waals surface area contributed by atoms with E-state index in [0.29, 0.717) is 46.7 Å². The number of nitrogens with zero attached hydrogens (tertiary/aromatic N) is 2. The number of halogens is 1. The Morgan fingerprint density at radius 1 is 1.03 bits per heavy atom. The van der Waals surface area contributed by atoms with E-state index in [0.717, 1.165) is 37.7 Å². The number of fused-ring (bicyclic) bond motifs is 1. The van der Waals surface area contributed by atoms with Crippen molar-refractivity contribution in [2.45, 2.75) is 63.7 Å². The number of rotatable bonds is 2. The lowest BCUT2D eigenvalue weighted by atomic mass is 9.77. The van der Waals surface area contributed by atoms with Gasteiger partial charge in [0.05, 0.1) is 5.56 Å². The van der Waals surface area contributed by atoms with E-state index in [1.54, 1.807) is 23.1 Å². The van der Waals surface area contributed by atoms with Gasteiger partial charge in [0.15, 0.2) is 5.78 Å². The third-order valence-electron chi connectivity index (χ3n) is 6.67. The lowest BCUT2D eigenvalue weighted by Crippen LogP contribution is -2.40. The average Bonchev–Trinajstić information content (AvgIpc) is 2.93. The van der Waals surface area contributed by atoms with E-state index in [1.807, 2.05) is 0 Å². The predicted octanol–water partition coefficient (Wildman–Crippen LogP) is 5.56. The van der Waals surface area contributed by atoms with Crippen molar-refractivity contribution in [1.29, 1.82) is 5.26 Å². The topological polar surface area (TPSA) is 61.2 Å². The number of carbonyl (C=O) groups excluding carboxylic acids is 2. The maximum absolute atomic E-state index is 14.6. The van der Waals surface area contributed by atoms with Crippen LogP contribution >= 0.6 is 11.3 Å². The number of hydrogen-bond donors (Lipinski definition) is 0. The van der Waals surface area contributed by atoms with Gasteiger partial charge in [-0.25, -0.2) is 4.39 Å². The molecule has 31 heavy (non-hydrogen) atoms. The van der Waals surface area contributed by atoms with Gasteiger partial charge in [-0.15, -0.1) is 11.3 Å². The van der Waals surface area contributed by atoms with Crippen LogP contribution in [0.5, 0.6) is 0 Å². The molecule has 0 radical (unpaired) electrons. The molecule has 1 atom stereocenters. The monoisotopic (exact) mass is 434 g/mol. The van der Waals surface area contributed by atoms with Crippen LogP contribution in [-0.2, 0) is 22.4 Å². The highest BCUT2D eigenvalue weighted by Crippen LogP contribution is 2.48. The molecule has 2 aliphatic carbocycles. The van der Waals surface area contributed by atoms with E-state index in [-0.39, 0.29) is 23.9 Å². The molecule has 1 aliphatic heterocycles. The Hall–Kier alpha value is -2.78. The fraction of sp³-hybridized carbons (Fsp3) is 0.400. The number of nitriles is 1.